The minimum atomic E-state index is -0.633. The van der Waals surface area contributed by atoms with Gasteiger partial charge in [0, 0.05) is 5.71 Å². The van der Waals surface area contributed by atoms with Crippen LogP contribution in [0.5, 0.6) is 0 Å². The first-order valence-corrected chi connectivity index (χ1v) is 5.23. The van der Waals surface area contributed by atoms with Crippen molar-refractivity contribution in [2.75, 3.05) is 0 Å². The van der Waals surface area contributed by atoms with Crippen LogP contribution < -0.4 is 11.2 Å². The molecule has 86 valence electrons. The van der Waals surface area contributed by atoms with Gasteiger partial charge in [-0.3, -0.25) is 0 Å². The molecule has 4 nitrogen and oxygen atoms in total. The van der Waals surface area contributed by atoms with E-state index in [0.717, 1.165) is 12.1 Å². The fourth-order valence-corrected chi connectivity index (χ4v) is 1.37. The van der Waals surface area contributed by atoms with Gasteiger partial charge in [-0.2, -0.15) is 5.10 Å². The first kappa shape index (κ1) is 12.2. The predicted octanol–water partition coefficient (Wildman–Crippen LogP) is 1.91. The molecule has 0 aliphatic rings. The monoisotopic (exact) mass is 219 g/mol. The molecule has 3 N–H and O–H groups in total. The Hall–Kier alpha value is -1.84. The number of nitrogens with two attached hydrogens (primary N) is 1. The van der Waals surface area contributed by atoms with Crippen molar-refractivity contribution >= 4 is 11.7 Å². The van der Waals surface area contributed by atoms with Gasteiger partial charge in [0.25, 0.3) is 0 Å². The number of amides is 2. The normalized spacial score (nSPS) is 13.2. The highest BCUT2D eigenvalue weighted by molar-refractivity contribution is 5.85. The number of hydrazone groups is 1. The summed E-state index contributed by atoms with van der Waals surface area (Å²) in [5, 5.41) is 3.91. The molecule has 0 aliphatic carbocycles. The number of primary amides is 1. The SMILES string of the molecule is CC(=NNC(N)=O)[C@H](C)Cc1ccccc1. The van der Waals surface area contributed by atoms with Crippen molar-refractivity contribution in [2.24, 2.45) is 16.8 Å². The number of rotatable bonds is 4. The summed E-state index contributed by atoms with van der Waals surface area (Å²) in [5.74, 6) is 0.272. The molecule has 0 radical (unpaired) electrons. The quantitative estimate of drug-likeness (QED) is 0.589. The van der Waals surface area contributed by atoms with Gasteiger partial charge in [-0.05, 0) is 24.8 Å². The molecule has 0 bridgehead atoms. The van der Waals surface area contributed by atoms with Gasteiger partial charge in [0.1, 0.15) is 0 Å². The highest BCUT2D eigenvalue weighted by Gasteiger charge is 2.07. The van der Waals surface area contributed by atoms with Crippen LogP contribution in [0.15, 0.2) is 35.4 Å². The molecular weight excluding hydrogens is 202 g/mol. The second kappa shape index (κ2) is 5.90. The van der Waals surface area contributed by atoms with Gasteiger partial charge in [-0.25, -0.2) is 10.2 Å². The maximum absolute atomic E-state index is 10.5. The molecule has 1 atom stereocenters. The van der Waals surface area contributed by atoms with E-state index in [0.29, 0.717) is 0 Å². The highest BCUT2D eigenvalue weighted by Crippen LogP contribution is 2.09. The Morgan fingerprint density at radius 3 is 2.62 bits per heavy atom. The van der Waals surface area contributed by atoms with Crippen molar-refractivity contribution in [1.29, 1.82) is 0 Å². The summed E-state index contributed by atoms with van der Waals surface area (Å²) in [6.07, 6.45) is 0.899. The van der Waals surface area contributed by atoms with E-state index < -0.39 is 6.03 Å². The van der Waals surface area contributed by atoms with Crippen LogP contribution in [0.4, 0.5) is 4.79 Å². The lowest BCUT2D eigenvalue weighted by molar-refractivity contribution is 0.249. The molecule has 4 heteroatoms. The Labute approximate surface area is 95.5 Å². The van der Waals surface area contributed by atoms with Crippen LogP contribution in [0.3, 0.4) is 0 Å². The van der Waals surface area contributed by atoms with Crippen LogP contribution in [0.1, 0.15) is 19.4 Å². The summed E-state index contributed by atoms with van der Waals surface area (Å²) in [5.41, 5.74) is 9.29. The van der Waals surface area contributed by atoms with Crippen LogP contribution in [-0.4, -0.2) is 11.7 Å². The Morgan fingerprint density at radius 2 is 2.06 bits per heavy atom. The van der Waals surface area contributed by atoms with Gasteiger partial charge in [0.2, 0.25) is 0 Å². The van der Waals surface area contributed by atoms with Crippen molar-refractivity contribution < 1.29 is 4.79 Å². The molecule has 0 saturated carbocycles. The first-order chi connectivity index (χ1) is 7.59. The summed E-state index contributed by atoms with van der Waals surface area (Å²) in [6.45, 7) is 3.94. The van der Waals surface area contributed by atoms with Gasteiger partial charge < -0.3 is 5.73 Å². The topological polar surface area (TPSA) is 67.5 Å². The number of benzene rings is 1. The zero-order chi connectivity index (χ0) is 12.0. The lowest BCUT2D eigenvalue weighted by Crippen LogP contribution is -2.26. The van der Waals surface area contributed by atoms with Gasteiger partial charge in [-0.1, -0.05) is 37.3 Å². The molecule has 0 aromatic heterocycles. The average molecular weight is 219 g/mol. The lowest BCUT2D eigenvalue weighted by atomic mass is 9.97. The molecular formula is C12H17N3O. The summed E-state index contributed by atoms with van der Waals surface area (Å²) in [7, 11) is 0. The fraction of sp³-hybridized carbons (Fsp3) is 0.333. The van der Waals surface area contributed by atoms with E-state index in [9.17, 15) is 4.79 Å². The summed E-state index contributed by atoms with van der Waals surface area (Å²) >= 11 is 0. The third-order valence-corrected chi connectivity index (χ3v) is 2.44. The van der Waals surface area contributed by atoms with Crippen molar-refractivity contribution in [1.82, 2.24) is 5.43 Å². The van der Waals surface area contributed by atoms with Gasteiger partial charge in [-0.15, -0.1) is 0 Å². The molecule has 0 unspecified atom stereocenters. The second-order valence-corrected chi connectivity index (χ2v) is 3.82. The Kier molecular flexibility index (Phi) is 4.51. The Morgan fingerprint density at radius 1 is 1.44 bits per heavy atom. The van der Waals surface area contributed by atoms with Crippen LogP contribution in [0, 0.1) is 5.92 Å². The van der Waals surface area contributed by atoms with Gasteiger partial charge in [0.15, 0.2) is 0 Å². The highest BCUT2D eigenvalue weighted by atomic mass is 16.2. The number of carbonyl (C=O) groups excluding carboxylic acids is 1. The Balaban J connectivity index is 2.55. The van der Waals surface area contributed by atoms with Crippen molar-refractivity contribution in [2.45, 2.75) is 20.3 Å². The molecule has 0 spiro atoms. The third-order valence-electron chi connectivity index (χ3n) is 2.44. The number of nitrogens with zero attached hydrogens (tertiary/aromatic N) is 1. The summed E-state index contributed by atoms with van der Waals surface area (Å²) in [6, 6.07) is 9.53. The van der Waals surface area contributed by atoms with E-state index in [2.05, 4.69) is 29.6 Å². The molecule has 1 aromatic rings. The van der Waals surface area contributed by atoms with Gasteiger partial charge in [0.05, 0.1) is 0 Å². The molecule has 1 aromatic carbocycles. The lowest BCUT2D eigenvalue weighted by Gasteiger charge is -2.10. The second-order valence-electron chi connectivity index (χ2n) is 3.82. The molecule has 0 saturated heterocycles. The van der Waals surface area contributed by atoms with E-state index in [4.69, 9.17) is 5.73 Å². The standard InChI is InChI=1S/C12H17N3O/c1-9(10(2)14-15-12(13)16)8-11-6-4-3-5-7-11/h3-7,9H,8H2,1-2H3,(H3,13,15,16)/t9-/m1/s1. The molecule has 16 heavy (non-hydrogen) atoms. The summed E-state index contributed by atoms with van der Waals surface area (Å²) in [4.78, 5) is 10.5. The van der Waals surface area contributed by atoms with E-state index in [1.807, 2.05) is 25.1 Å². The Bertz CT molecular complexity index is 373. The zero-order valence-electron chi connectivity index (χ0n) is 9.60. The molecule has 0 heterocycles. The number of hydrogen-bond donors (Lipinski definition) is 2. The van der Waals surface area contributed by atoms with E-state index >= 15 is 0 Å². The van der Waals surface area contributed by atoms with Crippen molar-refractivity contribution in [3.63, 3.8) is 0 Å². The molecule has 0 aliphatic heterocycles. The average Bonchev–Trinajstić information content (AvgIpc) is 2.27. The number of nitrogens with one attached hydrogen (secondary N) is 1. The number of urea groups is 1. The van der Waals surface area contributed by atoms with E-state index in [-0.39, 0.29) is 5.92 Å². The van der Waals surface area contributed by atoms with E-state index in [1.165, 1.54) is 5.56 Å². The molecule has 1 rings (SSSR count). The minimum Gasteiger partial charge on any atom is -0.350 e. The zero-order valence-corrected chi connectivity index (χ0v) is 9.60. The third kappa shape index (κ3) is 4.13. The van der Waals surface area contributed by atoms with Crippen molar-refractivity contribution in [3.8, 4) is 0 Å². The number of carbonyl (C=O) groups is 1. The van der Waals surface area contributed by atoms with Crippen molar-refractivity contribution in [3.05, 3.63) is 35.9 Å². The fourth-order valence-electron chi connectivity index (χ4n) is 1.37. The largest absolute Gasteiger partial charge is 0.350 e. The predicted molar refractivity (Wildman–Crippen MR) is 65.1 cm³/mol. The molecule has 0 fully saturated rings. The molecule has 2 amide bonds. The van der Waals surface area contributed by atoms with Crippen LogP contribution in [0.2, 0.25) is 0 Å². The maximum atomic E-state index is 10.5. The number of hydrogen-bond acceptors (Lipinski definition) is 2. The maximum Gasteiger partial charge on any atom is 0.332 e. The van der Waals surface area contributed by atoms with Crippen LogP contribution in [-0.2, 0) is 6.42 Å². The van der Waals surface area contributed by atoms with E-state index in [1.54, 1.807) is 0 Å². The van der Waals surface area contributed by atoms with Crippen LogP contribution >= 0.6 is 0 Å². The van der Waals surface area contributed by atoms with Crippen LogP contribution in [0.25, 0.3) is 0 Å². The smallest absolute Gasteiger partial charge is 0.332 e. The minimum absolute atomic E-state index is 0.272. The first-order valence-electron chi connectivity index (χ1n) is 5.23. The summed E-state index contributed by atoms with van der Waals surface area (Å²) < 4.78 is 0. The van der Waals surface area contributed by atoms with Gasteiger partial charge >= 0.3 is 6.03 Å².